The van der Waals surface area contributed by atoms with Gasteiger partial charge in [-0.15, -0.1) is 22.6 Å². The summed E-state index contributed by atoms with van der Waals surface area (Å²) in [6.45, 7) is 2.97. The number of nitrogens with one attached hydrogen (secondary N) is 2. The van der Waals surface area contributed by atoms with Crippen molar-refractivity contribution in [2.75, 3.05) is 26.2 Å². The Kier molecular flexibility index (Phi) is 7.75. The number of hydrogen-bond acceptors (Lipinski definition) is 6. The summed E-state index contributed by atoms with van der Waals surface area (Å²) in [5.74, 6) is 0.849. The van der Waals surface area contributed by atoms with Gasteiger partial charge in [0.1, 0.15) is 6.54 Å². The topological polar surface area (TPSA) is 105 Å². The van der Waals surface area contributed by atoms with Crippen molar-refractivity contribution >= 4 is 24.2 Å². The van der Waals surface area contributed by atoms with Crippen molar-refractivity contribution in [3.63, 3.8) is 0 Å². The van der Waals surface area contributed by atoms with Gasteiger partial charge in [0.2, 0.25) is 17.6 Å². The summed E-state index contributed by atoms with van der Waals surface area (Å²) in [5.41, 5.74) is 0.872. The fourth-order valence-electron chi connectivity index (χ4n) is 3.97. The number of aromatic nitrogens is 4. The fourth-order valence-corrected chi connectivity index (χ4v) is 3.97. The first-order valence-electron chi connectivity index (χ1n) is 10.3. The van der Waals surface area contributed by atoms with Crippen molar-refractivity contribution < 1.29 is 9.59 Å². The van der Waals surface area contributed by atoms with Crippen LogP contribution in [0.15, 0.2) is 30.3 Å². The molecule has 4 rings (SSSR count). The van der Waals surface area contributed by atoms with Gasteiger partial charge in [-0.05, 0) is 43.4 Å². The molecule has 0 spiro atoms. The minimum atomic E-state index is -0.0616. The summed E-state index contributed by atoms with van der Waals surface area (Å²) in [6.07, 6.45) is 3.90. The van der Waals surface area contributed by atoms with Crippen molar-refractivity contribution in [3.8, 4) is 11.4 Å². The number of carbonyl (C=O) groups is 2. The molecule has 0 radical (unpaired) electrons. The number of rotatable bonds is 6. The highest BCUT2D eigenvalue weighted by atomic mass is 35.5. The zero-order valence-corrected chi connectivity index (χ0v) is 17.7. The third-order valence-electron chi connectivity index (χ3n) is 5.57. The third-order valence-corrected chi connectivity index (χ3v) is 5.57. The molecule has 3 heterocycles. The zero-order valence-electron chi connectivity index (χ0n) is 16.9. The van der Waals surface area contributed by atoms with Gasteiger partial charge in [0.25, 0.3) is 0 Å². The van der Waals surface area contributed by atoms with Crippen molar-refractivity contribution in [1.29, 1.82) is 0 Å². The second-order valence-corrected chi connectivity index (χ2v) is 7.75. The van der Waals surface area contributed by atoms with Crippen molar-refractivity contribution in [2.24, 2.45) is 5.92 Å². The maximum atomic E-state index is 12.7. The van der Waals surface area contributed by atoms with Crippen LogP contribution in [-0.2, 0) is 16.1 Å². The maximum Gasteiger partial charge on any atom is 0.246 e. The number of likely N-dealkylation sites (tertiary alicyclic amines) is 1. The predicted octanol–water partition coefficient (Wildman–Crippen LogP) is 0.869. The normalized spacial score (nSPS) is 21.1. The molecule has 0 aliphatic carbocycles. The quantitative estimate of drug-likeness (QED) is 0.700. The Morgan fingerprint density at radius 3 is 2.77 bits per heavy atom. The Bertz CT molecular complexity index is 839. The average Bonchev–Trinajstić information content (AvgIpc) is 3.45. The number of tetrazole rings is 1. The van der Waals surface area contributed by atoms with E-state index in [1.54, 1.807) is 0 Å². The lowest BCUT2D eigenvalue weighted by molar-refractivity contribution is -0.134. The molecule has 9 nitrogen and oxygen atoms in total. The predicted molar refractivity (Wildman–Crippen MR) is 114 cm³/mol. The number of halogens is 1. The number of carbonyl (C=O) groups excluding carboxylic acids is 2. The Labute approximate surface area is 182 Å². The fraction of sp³-hybridized carbons (Fsp3) is 0.550. The molecule has 2 atom stereocenters. The van der Waals surface area contributed by atoms with Gasteiger partial charge >= 0.3 is 0 Å². The molecule has 162 valence electrons. The Hall–Kier alpha value is -2.52. The molecule has 2 aliphatic heterocycles. The van der Waals surface area contributed by atoms with Gasteiger partial charge < -0.3 is 15.5 Å². The van der Waals surface area contributed by atoms with Crippen LogP contribution >= 0.6 is 12.4 Å². The maximum absolute atomic E-state index is 12.7. The molecule has 2 fully saturated rings. The van der Waals surface area contributed by atoms with E-state index in [-0.39, 0.29) is 42.7 Å². The standard InChI is InChI=1S/C20H27N7O2.ClH/c28-18(14-27-24-19(23-25-27)16-7-2-1-3-8-16)26-11-5-6-15(13-26)12-22-20(29)17-9-4-10-21-17;/h1-3,7-8,15,17,21H,4-6,9-14H2,(H,22,29);1H. The molecular weight excluding hydrogens is 406 g/mol. The van der Waals surface area contributed by atoms with E-state index in [2.05, 4.69) is 26.0 Å². The van der Waals surface area contributed by atoms with Gasteiger partial charge in [0, 0.05) is 25.2 Å². The molecule has 1 aromatic carbocycles. The summed E-state index contributed by atoms with van der Waals surface area (Å²) in [4.78, 5) is 28.1. The number of benzene rings is 1. The van der Waals surface area contributed by atoms with Crippen LogP contribution in [0.4, 0.5) is 0 Å². The van der Waals surface area contributed by atoms with Crippen molar-refractivity contribution in [1.82, 2.24) is 35.7 Å². The van der Waals surface area contributed by atoms with Gasteiger partial charge in [0.15, 0.2) is 0 Å². The molecule has 2 saturated heterocycles. The Morgan fingerprint density at radius 1 is 1.17 bits per heavy atom. The highest BCUT2D eigenvalue weighted by Gasteiger charge is 2.26. The monoisotopic (exact) mass is 433 g/mol. The summed E-state index contributed by atoms with van der Waals surface area (Å²) < 4.78 is 0. The number of amides is 2. The lowest BCUT2D eigenvalue weighted by Crippen LogP contribution is -2.47. The summed E-state index contributed by atoms with van der Waals surface area (Å²) in [7, 11) is 0. The van der Waals surface area contributed by atoms with Crippen LogP contribution in [0.1, 0.15) is 25.7 Å². The van der Waals surface area contributed by atoms with E-state index in [1.807, 2.05) is 35.2 Å². The van der Waals surface area contributed by atoms with E-state index < -0.39 is 0 Å². The lowest BCUT2D eigenvalue weighted by Gasteiger charge is -2.33. The first-order chi connectivity index (χ1) is 14.2. The van der Waals surface area contributed by atoms with Gasteiger partial charge in [-0.2, -0.15) is 4.80 Å². The third kappa shape index (κ3) is 5.54. The minimum Gasteiger partial charge on any atom is -0.354 e. The summed E-state index contributed by atoms with van der Waals surface area (Å²) in [5, 5.41) is 18.6. The van der Waals surface area contributed by atoms with Gasteiger partial charge in [-0.3, -0.25) is 9.59 Å². The highest BCUT2D eigenvalue weighted by Crippen LogP contribution is 2.17. The molecule has 2 aliphatic rings. The number of hydrogen-bond donors (Lipinski definition) is 2. The van der Waals surface area contributed by atoms with E-state index >= 15 is 0 Å². The molecule has 0 bridgehead atoms. The van der Waals surface area contributed by atoms with Gasteiger partial charge in [-0.1, -0.05) is 30.3 Å². The average molecular weight is 434 g/mol. The van der Waals surface area contributed by atoms with Crippen LogP contribution in [-0.4, -0.2) is 69.1 Å². The van der Waals surface area contributed by atoms with E-state index in [0.29, 0.717) is 18.9 Å². The van der Waals surface area contributed by atoms with Crippen molar-refractivity contribution in [2.45, 2.75) is 38.3 Å². The lowest BCUT2D eigenvalue weighted by atomic mass is 9.97. The van der Waals surface area contributed by atoms with Crippen molar-refractivity contribution in [3.05, 3.63) is 30.3 Å². The molecular formula is C20H28ClN7O2. The summed E-state index contributed by atoms with van der Waals surface area (Å²) in [6, 6.07) is 9.51. The number of piperidine rings is 1. The largest absolute Gasteiger partial charge is 0.354 e. The molecule has 2 amide bonds. The molecule has 10 heteroatoms. The van der Waals surface area contributed by atoms with E-state index in [1.165, 1.54) is 4.80 Å². The smallest absolute Gasteiger partial charge is 0.246 e. The Balaban J connectivity index is 0.00000256. The van der Waals surface area contributed by atoms with Crippen LogP contribution < -0.4 is 10.6 Å². The Morgan fingerprint density at radius 2 is 2.00 bits per heavy atom. The molecule has 30 heavy (non-hydrogen) atoms. The first-order valence-corrected chi connectivity index (χ1v) is 10.3. The van der Waals surface area contributed by atoms with Crippen LogP contribution in [0.5, 0.6) is 0 Å². The molecule has 2 unspecified atom stereocenters. The van der Waals surface area contributed by atoms with Gasteiger partial charge in [0.05, 0.1) is 6.04 Å². The van der Waals surface area contributed by atoms with Gasteiger partial charge in [-0.25, -0.2) is 0 Å². The van der Waals surface area contributed by atoms with Crippen LogP contribution in [0.3, 0.4) is 0 Å². The van der Waals surface area contributed by atoms with Crippen LogP contribution in [0.25, 0.3) is 11.4 Å². The minimum absolute atomic E-state index is 0. The highest BCUT2D eigenvalue weighted by molar-refractivity contribution is 5.85. The van der Waals surface area contributed by atoms with Crippen LogP contribution in [0, 0.1) is 5.92 Å². The molecule has 1 aromatic heterocycles. The molecule has 0 saturated carbocycles. The molecule has 2 aromatic rings. The molecule has 2 N–H and O–H groups in total. The zero-order chi connectivity index (χ0) is 20.1. The van der Waals surface area contributed by atoms with E-state index in [9.17, 15) is 9.59 Å². The summed E-state index contributed by atoms with van der Waals surface area (Å²) >= 11 is 0. The van der Waals surface area contributed by atoms with E-state index in [0.717, 1.165) is 44.3 Å². The van der Waals surface area contributed by atoms with E-state index in [4.69, 9.17) is 0 Å². The SMILES string of the molecule is Cl.O=C(NCC1CCCN(C(=O)Cn2nnc(-c3ccccc3)n2)C1)C1CCCN1. The van der Waals surface area contributed by atoms with Crippen LogP contribution in [0.2, 0.25) is 0 Å². The number of nitrogens with zero attached hydrogens (tertiary/aromatic N) is 5. The second-order valence-electron chi connectivity index (χ2n) is 7.75. The first kappa shape index (κ1) is 22.2. The second kappa shape index (κ2) is 10.5.